The molecule has 0 spiro atoms. The van der Waals surface area contributed by atoms with E-state index in [9.17, 15) is 14.4 Å². The lowest BCUT2D eigenvalue weighted by Gasteiger charge is -2.35. The number of carbonyl (C=O) groups is 1. The molecule has 0 saturated carbocycles. The highest BCUT2D eigenvalue weighted by molar-refractivity contribution is 5.92. The summed E-state index contributed by atoms with van der Waals surface area (Å²) >= 11 is 0. The highest BCUT2D eigenvalue weighted by Gasteiger charge is 2.20. The number of hydrogen-bond acceptors (Lipinski definition) is 7. The van der Waals surface area contributed by atoms with Gasteiger partial charge >= 0.3 is 5.69 Å². The van der Waals surface area contributed by atoms with Crippen molar-refractivity contribution in [2.24, 2.45) is 0 Å². The smallest absolute Gasteiger partial charge is 0.330 e. The van der Waals surface area contributed by atoms with Gasteiger partial charge in [0.25, 0.3) is 11.5 Å². The molecule has 0 bridgehead atoms. The van der Waals surface area contributed by atoms with Gasteiger partial charge in [0.2, 0.25) is 0 Å². The monoisotopic (exact) mass is 412 g/mol. The van der Waals surface area contributed by atoms with Crippen LogP contribution in [0.3, 0.4) is 0 Å². The minimum absolute atomic E-state index is 0.204. The molecule has 3 aromatic heterocycles. The van der Waals surface area contributed by atoms with E-state index in [4.69, 9.17) is 0 Å². The number of pyridine rings is 1. The lowest BCUT2D eigenvalue weighted by atomic mass is 10.2. The lowest BCUT2D eigenvalue weighted by molar-refractivity contribution is 0.0958. The third-order valence-corrected chi connectivity index (χ3v) is 5.31. The second-order valence-corrected chi connectivity index (χ2v) is 7.13. The minimum atomic E-state index is -0.435. The molecule has 0 unspecified atom stereocenters. The first-order valence-electron chi connectivity index (χ1n) is 9.87. The maximum absolute atomic E-state index is 12.4. The number of nitrogens with zero attached hydrogens (tertiary/aromatic N) is 5. The van der Waals surface area contributed by atoms with Crippen LogP contribution in [-0.4, -0.2) is 68.5 Å². The Morgan fingerprint density at radius 1 is 1.17 bits per heavy atom. The maximum Gasteiger partial charge on any atom is 0.330 e. The van der Waals surface area contributed by atoms with Gasteiger partial charge in [0.15, 0.2) is 5.52 Å². The van der Waals surface area contributed by atoms with E-state index in [0.717, 1.165) is 36.4 Å². The largest absolute Gasteiger partial charge is 0.368 e. The van der Waals surface area contributed by atoms with Gasteiger partial charge in [0.1, 0.15) is 17.2 Å². The Bertz CT molecular complexity index is 1170. The SMILES string of the molecule is CCn1c(=O)[nH]c2[nH]c(CN3CCN(c4ccc(C(=O)NC)nc4)CC3)nc2c1=O. The number of hydrogen-bond donors (Lipinski definition) is 3. The van der Waals surface area contributed by atoms with Gasteiger partial charge in [-0.3, -0.25) is 24.0 Å². The van der Waals surface area contributed by atoms with Gasteiger partial charge in [-0.1, -0.05) is 0 Å². The summed E-state index contributed by atoms with van der Waals surface area (Å²) in [5.74, 6) is 0.445. The molecule has 158 valence electrons. The number of fused-ring (bicyclic) bond motifs is 1. The number of H-pyrrole nitrogens is 2. The molecule has 0 aliphatic carbocycles. The van der Waals surface area contributed by atoms with Crippen LogP contribution < -0.4 is 21.5 Å². The Morgan fingerprint density at radius 2 is 1.93 bits per heavy atom. The van der Waals surface area contributed by atoms with Crippen LogP contribution in [0.2, 0.25) is 0 Å². The Balaban J connectivity index is 1.41. The second-order valence-electron chi connectivity index (χ2n) is 7.13. The number of piperazine rings is 1. The van der Waals surface area contributed by atoms with Crippen molar-refractivity contribution < 1.29 is 4.79 Å². The molecule has 4 heterocycles. The number of imidazole rings is 1. The van der Waals surface area contributed by atoms with Crippen molar-refractivity contribution in [1.82, 2.24) is 34.7 Å². The fourth-order valence-electron chi connectivity index (χ4n) is 3.64. The number of aromatic nitrogens is 5. The van der Waals surface area contributed by atoms with Crippen LogP contribution in [0.15, 0.2) is 27.9 Å². The Kier molecular flexibility index (Phi) is 5.36. The topological polar surface area (TPSA) is 132 Å². The van der Waals surface area contributed by atoms with E-state index < -0.39 is 5.69 Å². The average molecular weight is 412 g/mol. The third-order valence-electron chi connectivity index (χ3n) is 5.31. The summed E-state index contributed by atoms with van der Waals surface area (Å²) in [7, 11) is 1.58. The standard InChI is InChI=1S/C19H24N8O3/c1-3-27-18(29)15-16(24-19(27)30)23-14(22-15)11-25-6-8-26(9-7-25)12-4-5-13(21-10-12)17(28)20-2/h4-5,10H,3,6-9,11H2,1-2H3,(H,20,28)(H,22,23)(H,24,30). The maximum atomic E-state index is 12.4. The van der Waals surface area contributed by atoms with Crippen LogP contribution in [0.4, 0.5) is 5.69 Å². The van der Waals surface area contributed by atoms with Crippen molar-refractivity contribution in [2.75, 3.05) is 38.1 Å². The van der Waals surface area contributed by atoms with Crippen LogP contribution in [-0.2, 0) is 13.1 Å². The molecule has 0 atom stereocenters. The quantitative estimate of drug-likeness (QED) is 0.515. The van der Waals surface area contributed by atoms with Crippen LogP contribution in [0, 0.1) is 0 Å². The van der Waals surface area contributed by atoms with Gasteiger partial charge in [-0.15, -0.1) is 0 Å². The van der Waals surface area contributed by atoms with E-state index in [-0.39, 0.29) is 17.0 Å². The second kappa shape index (κ2) is 8.11. The van der Waals surface area contributed by atoms with E-state index in [2.05, 4.69) is 35.1 Å². The summed E-state index contributed by atoms with van der Waals surface area (Å²) in [5.41, 5.74) is 1.18. The minimum Gasteiger partial charge on any atom is -0.368 e. The number of amides is 1. The molecule has 1 amide bonds. The Labute approximate surface area is 171 Å². The van der Waals surface area contributed by atoms with Crippen molar-refractivity contribution >= 4 is 22.8 Å². The van der Waals surface area contributed by atoms with Gasteiger partial charge in [0, 0.05) is 39.8 Å². The molecule has 0 aromatic carbocycles. The van der Waals surface area contributed by atoms with Crippen molar-refractivity contribution in [3.8, 4) is 0 Å². The summed E-state index contributed by atoms with van der Waals surface area (Å²) in [6, 6.07) is 3.63. The van der Waals surface area contributed by atoms with Gasteiger partial charge in [-0.2, -0.15) is 0 Å². The van der Waals surface area contributed by atoms with E-state index >= 15 is 0 Å². The van der Waals surface area contributed by atoms with Gasteiger partial charge < -0.3 is 15.2 Å². The average Bonchev–Trinajstić information content (AvgIpc) is 3.16. The highest BCUT2D eigenvalue weighted by atomic mass is 16.2. The lowest BCUT2D eigenvalue weighted by Crippen LogP contribution is -2.46. The summed E-state index contributed by atoms with van der Waals surface area (Å²) in [6.45, 7) is 5.84. The summed E-state index contributed by atoms with van der Waals surface area (Å²) in [6.07, 6.45) is 1.72. The summed E-state index contributed by atoms with van der Waals surface area (Å²) in [4.78, 5) is 54.8. The zero-order valence-electron chi connectivity index (χ0n) is 16.9. The van der Waals surface area contributed by atoms with Crippen LogP contribution in [0.25, 0.3) is 11.2 Å². The zero-order valence-corrected chi connectivity index (χ0v) is 16.9. The first-order chi connectivity index (χ1) is 14.5. The van der Waals surface area contributed by atoms with Crippen molar-refractivity contribution in [1.29, 1.82) is 0 Å². The normalized spacial score (nSPS) is 14.9. The van der Waals surface area contributed by atoms with Crippen LogP contribution in [0.5, 0.6) is 0 Å². The Morgan fingerprint density at radius 3 is 2.57 bits per heavy atom. The molecule has 11 heteroatoms. The van der Waals surface area contributed by atoms with Crippen molar-refractivity contribution in [2.45, 2.75) is 20.0 Å². The predicted molar refractivity (Wildman–Crippen MR) is 112 cm³/mol. The van der Waals surface area contributed by atoms with Gasteiger partial charge in [-0.05, 0) is 19.1 Å². The summed E-state index contributed by atoms with van der Waals surface area (Å²) < 4.78 is 1.13. The van der Waals surface area contributed by atoms with Gasteiger partial charge in [-0.25, -0.2) is 14.8 Å². The number of carbonyl (C=O) groups excluding carboxylic acids is 1. The number of nitrogens with one attached hydrogen (secondary N) is 3. The first-order valence-corrected chi connectivity index (χ1v) is 9.87. The van der Waals surface area contributed by atoms with Crippen LogP contribution in [0.1, 0.15) is 23.2 Å². The number of aromatic amines is 2. The highest BCUT2D eigenvalue weighted by Crippen LogP contribution is 2.17. The number of anilines is 1. The predicted octanol–water partition coefficient (Wildman–Crippen LogP) is -0.490. The van der Waals surface area contributed by atoms with Crippen molar-refractivity contribution in [3.63, 3.8) is 0 Å². The van der Waals surface area contributed by atoms with E-state index in [1.54, 1.807) is 26.2 Å². The first kappa shape index (κ1) is 19.8. The molecule has 11 nitrogen and oxygen atoms in total. The van der Waals surface area contributed by atoms with E-state index in [1.807, 2.05) is 6.07 Å². The molecule has 30 heavy (non-hydrogen) atoms. The number of rotatable bonds is 5. The van der Waals surface area contributed by atoms with E-state index in [1.165, 1.54) is 0 Å². The molecule has 1 aliphatic heterocycles. The van der Waals surface area contributed by atoms with Gasteiger partial charge in [0.05, 0.1) is 18.4 Å². The van der Waals surface area contributed by atoms with Crippen molar-refractivity contribution in [3.05, 3.63) is 50.7 Å². The molecule has 4 rings (SSSR count). The molecule has 1 saturated heterocycles. The molecule has 0 radical (unpaired) electrons. The van der Waals surface area contributed by atoms with Crippen LogP contribution >= 0.6 is 0 Å². The zero-order chi connectivity index (χ0) is 21.3. The fraction of sp³-hybridized carbons (Fsp3) is 0.421. The molecule has 1 fully saturated rings. The molecule has 3 aromatic rings. The molecular weight excluding hydrogens is 388 g/mol. The Hall–Kier alpha value is -3.47. The molecular formula is C19H24N8O3. The fourth-order valence-corrected chi connectivity index (χ4v) is 3.64. The summed E-state index contributed by atoms with van der Waals surface area (Å²) in [5, 5.41) is 2.56. The van der Waals surface area contributed by atoms with E-state index in [0.29, 0.717) is 30.3 Å². The third kappa shape index (κ3) is 3.71. The molecule has 3 N–H and O–H groups in total. The molecule has 1 aliphatic rings.